The Bertz CT molecular complexity index is 406. The number of carbonyl (C=O) groups excluding carboxylic acids is 2. The molecule has 0 aliphatic carbocycles. The van der Waals surface area contributed by atoms with Gasteiger partial charge in [-0.15, -0.1) is 0 Å². The van der Waals surface area contributed by atoms with E-state index in [2.05, 4.69) is 10.1 Å². The van der Waals surface area contributed by atoms with Gasteiger partial charge in [0.05, 0.1) is 6.61 Å². The van der Waals surface area contributed by atoms with E-state index in [9.17, 15) is 9.59 Å². The summed E-state index contributed by atoms with van der Waals surface area (Å²) in [4.78, 5) is 22.8. The predicted molar refractivity (Wildman–Crippen MR) is 72.4 cm³/mol. The van der Waals surface area contributed by atoms with E-state index < -0.39 is 17.9 Å². The molecule has 5 heteroatoms. The van der Waals surface area contributed by atoms with Crippen molar-refractivity contribution >= 4 is 11.9 Å². The van der Waals surface area contributed by atoms with Crippen molar-refractivity contribution in [2.45, 2.75) is 25.8 Å². The summed E-state index contributed by atoms with van der Waals surface area (Å²) in [7, 11) is 0. The molecule has 1 atom stereocenters. The number of ether oxygens (including phenoxy) is 1. The van der Waals surface area contributed by atoms with E-state index >= 15 is 0 Å². The van der Waals surface area contributed by atoms with Crippen LogP contribution in [0.1, 0.15) is 18.9 Å². The maximum atomic E-state index is 11.5. The number of nitrogens with one attached hydrogen (secondary N) is 1. The van der Waals surface area contributed by atoms with Gasteiger partial charge in [-0.1, -0.05) is 30.3 Å². The van der Waals surface area contributed by atoms with E-state index in [1.165, 1.54) is 5.56 Å². The van der Waals surface area contributed by atoms with Gasteiger partial charge in [0.25, 0.3) is 0 Å². The van der Waals surface area contributed by atoms with Crippen molar-refractivity contribution in [1.82, 2.24) is 5.32 Å². The number of nitrogens with two attached hydrogens (primary N) is 1. The van der Waals surface area contributed by atoms with Crippen LogP contribution in [0, 0.1) is 0 Å². The summed E-state index contributed by atoms with van der Waals surface area (Å²) in [6, 6.07) is 8.74. The van der Waals surface area contributed by atoms with Gasteiger partial charge in [-0.3, -0.25) is 4.79 Å². The number of hydrogen-bond acceptors (Lipinski definition) is 4. The summed E-state index contributed by atoms with van der Waals surface area (Å²) < 4.78 is 4.68. The highest BCUT2D eigenvalue weighted by Gasteiger charge is 2.22. The smallest absolute Gasteiger partial charge is 0.332 e. The molecule has 0 heterocycles. The predicted octanol–water partition coefficient (Wildman–Crippen LogP) is 0.626. The molecular weight excluding hydrogens is 244 g/mol. The highest BCUT2D eigenvalue weighted by molar-refractivity contribution is 6.01. The molecule has 0 saturated heterocycles. The minimum atomic E-state index is -1.24. The second-order valence-electron chi connectivity index (χ2n) is 4.11. The molecule has 5 nitrogen and oxygen atoms in total. The van der Waals surface area contributed by atoms with Crippen molar-refractivity contribution in [3.8, 4) is 0 Å². The number of hydrogen-bond donors (Lipinski definition) is 2. The molecule has 0 aliphatic rings. The summed E-state index contributed by atoms with van der Waals surface area (Å²) in [6.07, 6.45) is 1.67. The van der Waals surface area contributed by atoms with Gasteiger partial charge in [0, 0.05) is 6.54 Å². The molecule has 0 saturated carbocycles. The fourth-order valence-corrected chi connectivity index (χ4v) is 1.60. The van der Waals surface area contributed by atoms with E-state index in [0.717, 1.165) is 12.8 Å². The third kappa shape index (κ3) is 5.52. The Hall–Kier alpha value is -1.88. The van der Waals surface area contributed by atoms with Crippen molar-refractivity contribution in [3.63, 3.8) is 0 Å². The van der Waals surface area contributed by atoms with Crippen molar-refractivity contribution in [1.29, 1.82) is 0 Å². The molecule has 1 amide bonds. The lowest BCUT2D eigenvalue weighted by atomic mass is 10.1. The Kier molecular flexibility index (Phi) is 6.60. The largest absolute Gasteiger partial charge is 0.464 e. The second kappa shape index (κ2) is 8.26. The summed E-state index contributed by atoms with van der Waals surface area (Å²) in [6.45, 7) is 2.37. The number of carbonyl (C=O) groups is 2. The molecule has 0 bridgehead atoms. The molecule has 19 heavy (non-hydrogen) atoms. The van der Waals surface area contributed by atoms with Crippen molar-refractivity contribution in [3.05, 3.63) is 35.9 Å². The first kappa shape index (κ1) is 15.2. The van der Waals surface area contributed by atoms with Gasteiger partial charge >= 0.3 is 5.97 Å². The quantitative estimate of drug-likeness (QED) is 0.430. The molecule has 0 spiro atoms. The average molecular weight is 264 g/mol. The molecule has 104 valence electrons. The molecule has 1 unspecified atom stereocenters. The molecular formula is C14H20N2O3. The highest BCUT2D eigenvalue weighted by Crippen LogP contribution is 2.01. The zero-order valence-corrected chi connectivity index (χ0v) is 11.1. The molecule has 0 aromatic heterocycles. The van der Waals surface area contributed by atoms with Gasteiger partial charge in [0.2, 0.25) is 5.91 Å². The summed E-state index contributed by atoms with van der Waals surface area (Å²) in [5, 5.41) is 2.63. The lowest BCUT2D eigenvalue weighted by molar-refractivity contribution is -0.147. The second-order valence-corrected chi connectivity index (χ2v) is 4.11. The lowest BCUT2D eigenvalue weighted by Crippen LogP contribution is -2.47. The SMILES string of the molecule is CCOC(=O)C(N)C(=O)NCCCc1ccccc1. The van der Waals surface area contributed by atoms with Gasteiger partial charge < -0.3 is 15.8 Å². The fraction of sp³-hybridized carbons (Fsp3) is 0.429. The molecule has 3 N–H and O–H groups in total. The van der Waals surface area contributed by atoms with Crippen molar-refractivity contribution < 1.29 is 14.3 Å². The van der Waals surface area contributed by atoms with Crippen LogP contribution < -0.4 is 11.1 Å². The van der Waals surface area contributed by atoms with Crippen LogP contribution in [0.5, 0.6) is 0 Å². The van der Waals surface area contributed by atoms with Crippen molar-refractivity contribution in [2.24, 2.45) is 5.73 Å². The molecule has 0 aliphatic heterocycles. The first-order valence-corrected chi connectivity index (χ1v) is 6.39. The first-order valence-electron chi connectivity index (χ1n) is 6.39. The van der Waals surface area contributed by atoms with Gasteiger partial charge in [0.15, 0.2) is 6.04 Å². The standard InChI is InChI=1S/C14H20N2O3/c1-2-19-14(18)12(15)13(17)16-10-6-9-11-7-4-3-5-8-11/h3-5,7-8,12H,2,6,9-10,15H2,1H3,(H,16,17). The molecule has 1 aromatic rings. The minimum Gasteiger partial charge on any atom is -0.464 e. The molecule has 0 fully saturated rings. The summed E-state index contributed by atoms with van der Waals surface area (Å²) in [5.74, 6) is -1.19. The van der Waals surface area contributed by atoms with Crippen LogP contribution in [-0.4, -0.2) is 31.1 Å². The topological polar surface area (TPSA) is 81.4 Å². The maximum absolute atomic E-state index is 11.5. The molecule has 1 aromatic carbocycles. The number of amides is 1. The van der Waals surface area contributed by atoms with E-state index in [-0.39, 0.29) is 6.61 Å². The fourth-order valence-electron chi connectivity index (χ4n) is 1.60. The zero-order chi connectivity index (χ0) is 14.1. The Morgan fingerprint density at radius 3 is 2.63 bits per heavy atom. The summed E-state index contributed by atoms with van der Waals surface area (Å²) >= 11 is 0. The minimum absolute atomic E-state index is 0.216. The van der Waals surface area contributed by atoms with Crippen LogP contribution in [0.4, 0.5) is 0 Å². The van der Waals surface area contributed by atoms with Gasteiger partial charge in [-0.05, 0) is 25.3 Å². The van der Waals surface area contributed by atoms with Crippen LogP contribution >= 0.6 is 0 Å². The lowest BCUT2D eigenvalue weighted by Gasteiger charge is -2.11. The Morgan fingerprint density at radius 2 is 2.00 bits per heavy atom. The van der Waals surface area contributed by atoms with Gasteiger partial charge in [-0.2, -0.15) is 0 Å². The zero-order valence-electron chi connectivity index (χ0n) is 11.1. The Labute approximate surface area is 113 Å². The normalized spacial score (nSPS) is 11.7. The van der Waals surface area contributed by atoms with Gasteiger partial charge in [0.1, 0.15) is 0 Å². The average Bonchev–Trinajstić information content (AvgIpc) is 2.44. The first-order chi connectivity index (χ1) is 9.15. The van der Waals surface area contributed by atoms with Gasteiger partial charge in [-0.25, -0.2) is 4.79 Å². The van der Waals surface area contributed by atoms with E-state index in [1.54, 1.807) is 6.92 Å². The van der Waals surface area contributed by atoms with Crippen LogP contribution in [0.15, 0.2) is 30.3 Å². The number of benzene rings is 1. The summed E-state index contributed by atoms with van der Waals surface area (Å²) in [5.41, 5.74) is 6.67. The van der Waals surface area contributed by atoms with Crippen molar-refractivity contribution in [2.75, 3.05) is 13.2 Å². The van der Waals surface area contributed by atoms with E-state index in [1.807, 2.05) is 30.3 Å². The number of aryl methyl sites for hydroxylation is 1. The third-order valence-corrected chi connectivity index (χ3v) is 2.61. The number of esters is 1. The van der Waals surface area contributed by atoms with Crippen LogP contribution in [-0.2, 0) is 20.7 Å². The maximum Gasteiger partial charge on any atom is 0.332 e. The monoisotopic (exact) mass is 264 g/mol. The van der Waals surface area contributed by atoms with E-state index in [4.69, 9.17) is 5.73 Å². The highest BCUT2D eigenvalue weighted by atomic mass is 16.5. The van der Waals surface area contributed by atoms with Crippen LogP contribution in [0.25, 0.3) is 0 Å². The molecule has 1 rings (SSSR count). The molecule has 0 radical (unpaired) electrons. The van der Waals surface area contributed by atoms with Crippen LogP contribution in [0.3, 0.4) is 0 Å². The third-order valence-electron chi connectivity index (χ3n) is 2.61. The Morgan fingerprint density at radius 1 is 1.32 bits per heavy atom. The number of rotatable bonds is 7. The van der Waals surface area contributed by atoms with E-state index in [0.29, 0.717) is 6.54 Å². The van der Waals surface area contributed by atoms with Crippen LogP contribution in [0.2, 0.25) is 0 Å². The Balaban J connectivity index is 2.22.